The molecule has 3 rings (SSSR count). The fourth-order valence-electron chi connectivity index (χ4n) is 2.04. The second-order valence-corrected chi connectivity index (χ2v) is 6.73. The Labute approximate surface area is 119 Å². The number of carboxylic acid groups (broad SMARTS) is 1. The monoisotopic (exact) mass is 295 g/mol. The van der Waals surface area contributed by atoms with Crippen LogP contribution < -0.4 is 0 Å². The third-order valence-corrected chi connectivity index (χ3v) is 5.37. The second kappa shape index (κ2) is 4.99. The van der Waals surface area contributed by atoms with Crippen molar-refractivity contribution in [3.05, 3.63) is 33.8 Å². The van der Waals surface area contributed by atoms with E-state index in [1.54, 1.807) is 18.0 Å². The van der Waals surface area contributed by atoms with E-state index in [1.807, 2.05) is 23.9 Å². The standard InChI is InChI=1S/C12H13N3O2S2/c1-8-10(6-11(18-8)12(16)17)19-14-4-5-15-9(7-14)2-3-13-15/h2-3,6H,4-5,7H2,1H3,(H,16,17). The molecule has 2 aromatic rings. The number of hydrogen-bond acceptors (Lipinski definition) is 5. The van der Waals surface area contributed by atoms with Crippen LogP contribution in [-0.4, -0.2) is 31.7 Å². The van der Waals surface area contributed by atoms with Crippen molar-refractivity contribution < 1.29 is 9.90 Å². The van der Waals surface area contributed by atoms with E-state index in [1.165, 1.54) is 17.0 Å². The predicted octanol–water partition coefficient (Wildman–Crippen LogP) is 2.47. The third-order valence-electron chi connectivity index (χ3n) is 3.01. The van der Waals surface area contributed by atoms with Gasteiger partial charge in [0.1, 0.15) is 4.88 Å². The van der Waals surface area contributed by atoms with Crippen molar-refractivity contribution in [2.45, 2.75) is 24.9 Å². The molecule has 0 spiro atoms. The molecule has 0 saturated carbocycles. The zero-order chi connectivity index (χ0) is 13.4. The maximum atomic E-state index is 11.0. The Morgan fingerprint density at radius 3 is 3.11 bits per heavy atom. The van der Waals surface area contributed by atoms with Crippen molar-refractivity contribution in [1.82, 2.24) is 14.1 Å². The SMILES string of the molecule is Cc1sc(C(=O)O)cc1SN1CCn2nccc2C1. The first-order valence-electron chi connectivity index (χ1n) is 5.91. The van der Waals surface area contributed by atoms with Crippen LogP contribution in [0.3, 0.4) is 0 Å². The van der Waals surface area contributed by atoms with Crippen LogP contribution in [0.15, 0.2) is 23.2 Å². The van der Waals surface area contributed by atoms with E-state index in [-0.39, 0.29) is 0 Å². The second-order valence-electron chi connectivity index (χ2n) is 4.34. The number of carbonyl (C=O) groups is 1. The Morgan fingerprint density at radius 2 is 2.37 bits per heavy atom. The van der Waals surface area contributed by atoms with Gasteiger partial charge in [0.25, 0.3) is 0 Å². The highest BCUT2D eigenvalue weighted by atomic mass is 32.2. The van der Waals surface area contributed by atoms with Crippen molar-refractivity contribution in [3.63, 3.8) is 0 Å². The molecular formula is C12H13N3O2S2. The van der Waals surface area contributed by atoms with Crippen LogP contribution in [-0.2, 0) is 13.1 Å². The number of fused-ring (bicyclic) bond motifs is 1. The van der Waals surface area contributed by atoms with Gasteiger partial charge in [-0.2, -0.15) is 5.10 Å². The van der Waals surface area contributed by atoms with Crippen molar-refractivity contribution in [3.8, 4) is 0 Å². The third kappa shape index (κ3) is 2.54. The number of aryl methyl sites for hydroxylation is 1. The van der Waals surface area contributed by atoms with Gasteiger partial charge < -0.3 is 5.11 Å². The number of aromatic nitrogens is 2. The van der Waals surface area contributed by atoms with Crippen LogP contribution in [0, 0.1) is 6.92 Å². The maximum absolute atomic E-state index is 11.0. The molecule has 1 N–H and O–H groups in total. The van der Waals surface area contributed by atoms with Crippen LogP contribution in [0.5, 0.6) is 0 Å². The van der Waals surface area contributed by atoms with Crippen molar-refractivity contribution in [1.29, 1.82) is 0 Å². The normalized spacial score (nSPS) is 15.4. The molecule has 0 aromatic carbocycles. The van der Waals surface area contributed by atoms with Crippen molar-refractivity contribution >= 4 is 29.3 Å². The summed E-state index contributed by atoms with van der Waals surface area (Å²) in [4.78, 5) is 13.5. The summed E-state index contributed by atoms with van der Waals surface area (Å²) in [5.41, 5.74) is 1.20. The Balaban J connectivity index is 1.74. The molecule has 1 aliphatic rings. The molecule has 100 valence electrons. The van der Waals surface area contributed by atoms with E-state index in [0.717, 1.165) is 29.4 Å². The molecule has 1 aliphatic heterocycles. The zero-order valence-corrected chi connectivity index (χ0v) is 12.0. The van der Waals surface area contributed by atoms with Crippen LogP contribution in [0.4, 0.5) is 0 Å². The topological polar surface area (TPSA) is 58.4 Å². The number of rotatable bonds is 3. The van der Waals surface area contributed by atoms with Gasteiger partial charge in [0.2, 0.25) is 0 Å². The largest absolute Gasteiger partial charge is 0.477 e. The lowest BCUT2D eigenvalue weighted by atomic mass is 10.3. The number of aromatic carboxylic acids is 1. The summed E-state index contributed by atoms with van der Waals surface area (Å²) in [5.74, 6) is -0.850. The van der Waals surface area contributed by atoms with Crippen LogP contribution >= 0.6 is 23.3 Å². The van der Waals surface area contributed by atoms with Crippen molar-refractivity contribution in [2.24, 2.45) is 0 Å². The molecule has 3 heterocycles. The highest BCUT2D eigenvalue weighted by Crippen LogP contribution is 2.34. The van der Waals surface area contributed by atoms with Gasteiger partial charge in [-0.3, -0.25) is 4.68 Å². The molecule has 0 saturated heterocycles. The smallest absolute Gasteiger partial charge is 0.345 e. The first-order chi connectivity index (χ1) is 9.13. The lowest BCUT2D eigenvalue weighted by molar-refractivity contribution is 0.0702. The number of nitrogens with zero attached hydrogens (tertiary/aromatic N) is 3. The van der Waals surface area contributed by atoms with Gasteiger partial charge in [0, 0.05) is 22.5 Å². The van der Waals surface area contributed by atoms with Gasteiger partial charge in [0.15, 0.2) is 0 Å². The van der Waals surface area contributed by atoms with E-state index in [0.29, 0.717) is 4.88 Å². The highest BCUT2D eigenvalue weighted by molar-refractivity contribution is 7.97. The number of carboxylic acids is 1. The minimum Gasteiger partial charge on any atom is -0.477 e. The first kappa shape index (κ1) is 12.7. The van der Waals surface area contributed by atoms with Gasteiger partial charge in [-0.05, 0) is 31.0 Å². The molecule has 0 bridgehead atoms. The Bertz CT molecular complexity index is 620. The molecule has 0 amide bonds. The Hall–Kier alpha value is -1.31. The first-order valence-corrected chi connectivity index (χ1v) is 7.50. The molecule has 0 unspecified atom stereocenters. The molecule has 5 nitrogen and oxygen atoms in total. The van der Waals surface area contributed by atoms with Crippen molar-refractivity contribution in [2.75, 3.05) is 6.54 Å². The van der Waals surface area contributed by atoms with E-state index in [4.69, 9.17) is 5.11 Å². The summed E-state index contributed by atoms with van der Waals surface area (Å²) in [6.45, 7) is 4.59. The zero-order valence-electron chi connectivity index (χ0n) is 10.4. The van der Waals surface area contributed by atoms with E-state index >= 15 is 0 Å². The van der Waals surface area contributed by atoms with Gasteiger partial charge in [-0.1, -0.05) is 0 Å². The molecular weight excluding hydrogens is 282 g/mol. The summed E-state index contributed by atoms with van der Waals surface area (Å²) in [6.07, 6.45) is 1.82. The maximum Gasteiger partial charge on any atom is 0.345 e. The minimum atomic E-state index is -0.850. The van der Waals surface area contributed by atoms with Crippen LogP contribution in [0.1, 0.15) is 20.2 Å². The fraction of sp³-hybridized carbons (Fsp3) is 0.333. The number of thiophene rings is 1. The summed E-state index contributed by atoms with van der Waals surface area (Å²) < 4.78 is 4.26. The summed E-state index contributed by atoms with van der Waals surface area (Å²) in [7, 11) is 0. The average molecular weight is 295 g/mol. The van der Waals surface area contributed by atoms with Gasteiger partial charge in [-0.25, -0.2) is 9.10 Å². The summed E-state index contributed by atoms with van der Waals surface area (Å²) in [6, 6.07) is 3.79. The molecule has 7 heteroatoms. The van der Waals surface area contributed by atoms with Gasteiger partial charge in [0.05, 0.1) is 18.8 Å². The van der Waals surface area contributed by atoms with Crippen LogP contribution in [0.25, 0.3) is 0 Å². The Morgan fingerprint density at radius 1 is 1.53 bits per heavy atom. The minimum absolute atomic E-state index is 0.405. The summed E-state index contributed by atoms with van der Waals surface area (Å²) >= 11 is 2.97. The molecule has 0 atom stereocenters. The molecule has 0 radical (unpaired) electrons. The Kier molecular flexibility index (Phi) is 3.34. The van der Waals surface area contributed by atoms with E-state index < -0.39 is 5.97 Å². The van der Waals surface area contributed by atoms with Gasteiger partial charge in [-0.15, -0.1) is 11.3 Å². The lowest BCUT2D eigenvalue weighted by Gasteiger charge is -2.26. The van der Waals surface area contributed by atoms with Crippen LogP contribution in [0.2, 0.25) is 0 Å². The molecule has 2 aromatic heterocycles. The lowest BCUT2D eigenvalue weighted by Crippen LogP contribution is -2.28. The predicted molar refractivity (Wildman–Crippen MR) is 74.5 cm³/mol. The average Bonchev–Trinajstić information content (AvgIpc) is 2.96. The molecule has 0 aliphatic carbocycles. The number of hydrogen-bond donors (Lipinski definition) is 1. The van der Waals surface area contributed by atoms with E-state index in [9.17, 15) is 4.79 Å². The molecule has 0 fully saturated rings. The highest BCUT2D eigenvalue weighted by Gasteiger charge is 2.19. The molecule has 19 heavy (non-hydrogen) atoms. The fourth-order valence-corrected chi connectivity index (χ4v) is 4.05. The quantitative estimate of drug-likeness (QED) is 0.882. The van der Waals surface area contributed by atoms with E-state index in [2.05, 4.69) is 9.40 Å². The summed E-state index contributed by atoms with van der Waals surface area (Å²) in [5, 5.41) is 13.3. The van der Waals surface area contributed by atoms with Gasteiger partial charge >= 0.3 is 5.97 Å².